The molecule has 0 radical (unpaired) electrons. The maximum atomic E-state index is 5.96. The molecule has 0 aromatic heterocycles. The molecule has 3 aromatic rings. The number of rotatable bonds is 5. The van der Waals surface area contributed by atoms with E-state index < -0.39 is 8.32 Å². The summed E-state index contributed by atoms with van der Waals surface area (Å²) in [5.41, 5.74) is 6.59. The summed E-state index contributed by atoms with van der Waals surface area (Å²) in [5.74, 6) is 0. The molecule has 0 saturated heterocycles. The van der Waals surface area contributed by atoms with E-state index in [0.717, 1.165) is 0 Å². The highest BCUT2D eigenvalue weighted by Gasteiger charge is 2.32. The van der Waals surface area contributed by atoms with Crippen LogP contribution in [0.1, 0.15) is 11.1 Å². The summed E-state index contributed by atoms with van der Waals surface area (Å²) in [5, 5.41) is 1.37. The van der Waals surface area contributed by atoms with E-state index >= 15 is 0 Å². The maximum absolute atomic E-state index is 5.96. The van der Waals surface area contributed by atoms with Gasteiger partial charge in [0, 0.05) is 7.11 Å². The Balaban J connectivity index is 2.22. The summed E-state index contributed by atoms with van der Waals surface area (Å²) in [4.78, 5) is 0. The smallest absolute Gasteiger partial charge is 0.241 e. The van der Waals surface area contributed by atoms with Gasteiger partial charge in [0.2, 0.25) is 15.0 Å². The van der Waals surface area contributed by atoms with Crippen LogP contribution in [0.25, 0.3) is 0 Å². The fourth-order valence-electron chi connectivity index (χ4n) is 3.48. The van der Waals surface area contributed by atoms with Gasteiger partial charge < -0.3 is 4.43 Å². The zero-order chi connectivity index (χ0) is 18.7. The lowest BCUT2D eigenvalue weighted by Crippen LogP contribution is -2.62. The quantitative estimate of drug-likeness (QED) is 0.638. The van der Waals surface area contributed by atoms with Crippen molar-refractivity contribution < 1.29 is 4.43 Å². The highest BCUT2D eigenvalue weighted by molar-refractivity contribution is 7.00. The summed E-state index contributed by atoms with van der Waals surface area (Å²) in [6.45, 7) is 9.04. The van der Waals surface area contributed by atoms with E-state index in [9.17, 15) is 0 Å². The number of hydrogen-bond donors (Lipinski definition) is 0. The van der Waals surface area contributed by atoms with Crippen molar-refractivity contribution in [2.75, 3.05) is 7.11 Å². The fraction of sp³-hybridized carbons (Fsp3) is 0.217. The van der Waals surface area contributed by atoms with Gasteiger partial charge in [0.05, 0.1) is 0 Å². The molecule has 1 nitrogen and oxygen atoms in total. The van der Waals surface area contributed by atoms with Gasteiger partial charge in [-0.1, -0.05) is 100 Å². The standard InChI is InChI=1S/C23H27BOSi/c1-18-10-14-20(15-11-18)24(21-16-12-19(2)13-17-21)22-8-6-7-9-23(22)26(4,5)25-3/h6-17H,1-5H3. The van der Waals surface area contributed by atoms with Gasteiger partial charge in [0.25, 0.3) is 0 Å². The monoisotopic (exact) mass is 358 g/mol. The molecule has 0 aliphatic heterocycles. The molecule has 0 N–H and O–H groups in total. The molecule has 0 bridgehead atoms. The van der Waals surface area contributed by atoms with Crippen LogP contribution in [0.5, 0.6) is 0 Å². The second-order valence-corrected chi connectivity index (χ2v) is 11.5. The summed E-state index contributed by atoms with van der Waals surface area (Å²) in [6, 6.07) is 26.7. The third-order valence-corrected chi connectivity index (χ3v) is 8.03. The maximum Gasteiger partial charge on any atom is 0.241 e. The zero-order valence-electron chi connectivity index (χ0n) is 16.4. The van der Waals surface area contributed by atoms with Crippen LogP contribution in [0.15, 0.2) is 72.8 Å². The first-order valence-electron chi connectivity index (χ1n) is 9.20. The van der Waals surface area contributed by atoms with Crippen molar-refractivity contribution in [3.05, 3.63) is 83.9 Å². The lowest BCUT2D eigenvalue weighted by molar-refractivity contribution is 0.416. The van der Waals surface area contributed by atoms with Gasteiger partial charge in [-0.15, -0.1) is 0 Å². The first-order chi connectivity index (χ1) is 12.4. The SMILES string of the molecule is CO[Si](C)(C)c1ccccc1B(c1ccc(C)cc1)c1ccc(C)cc1. The van der Waals surface area contributed by atoms with E-state index in [4.69, 9.17) is 4.43 Å². The first kappa shape index (κ1) is 18.7. The highest BCUT2D eigenvalue weighted by Crippen LogP contribution is 2.05. The Morgan fingerprint density at radius 2 is 1.15 bits per heavy atom. The Hall–Kier alpha value is -2.10. The fourth-order valence-corrected chi connectivity index (χ4v) is 5.12. The Bertz CT molecular complexity index is 824. The average Bonchev–Trinajstić information content (AvgIpc) is 2.65. The Kier molecular flexibility index (Phi) is 5.50. The normalized spacial score (nSPS) is 11.4. The Morgan fingerprint density at radius 3 is 1.62 bits per heavy atom. The molecule has 0 saturated carbocycles. The van der Waals surface area contributed by atoms with Crippen LogP contribution in [-0.2, 0) is 4.43 Å². The van der Waals surface area contributed by atoms with Crippen LogP contribution in [-0.4, -0.2) is 22.1 Å². The van der Waals surface area contributed by atoms with E-state index in [2.05, 4.69) is 99.7 Å². The molecule has 26 heavy (non-hydrogen) atoms. The highest BCUT2D eigenvalue weighted by atomic mass is 28.4. The third-order valence-electron chi connectivity index (χ3n) is 5.25. The van der Waals surface area contributed by atoms with Crippen LogP contribution < -0.4 is 21.6 Å². The van der Waals surface area contributed by atoms with Gasteiger partial charge in [-0.05, 0) is 32.1 Å². The van der Waals surface area contributed by atoms with Gasteiger partial charge in [-0.2, -0.15) is 0 Å². The molecule has 0 fully saturated rings. The largest absolute Gasteiger partial charge is 0.416 e. The lowest BCUT2D eigenvalue weighted by atomic mass is 9.37. The minimum Gasteiger partial charge on any atom is -0.416 e. The summed E-state index contributed by atoms with van der Waals surface area (Å²) < 4.78 is 5.96. The topological polar surface area (TPSA) is 9.23 Å². The van der Waals surface area contributed by atoms with Gasteiger partial charge >= 0.3 is 0 Å². The molecule has 0 aliphatic rings. The molecule has 3 rings (SSSR count). The van der Waals surface area contributed by atoms with Crippen molar-refractivity contribution in [3.8, 4) is 0 Å². The summed E-state index contributed by atoms with van der Waals surface area (Å²) in [7, 11) is -0.105. The van der Waals surface area contributed by atoms with Gasteiger partial charge in [0.1, 0.15) is 0 Å². The molecule has 0 unspecified atom stereocenters. The molecule has 0 amide bonds. The van der Waals surface area contributed by atoms with E-state index in [-0.39, 0.29) is 6.71 Å². The molecule has 0 heterocycles. The predicted molar refractivity (Wildman–Crippen MR) is 118 cm³/mol. The summed E-state index contributed by atoms with van der Waals surface area (Å²) in [6.07, 6.45) is 0. The minimum atomic E-state index is -1.95. The van der Waals surface area contributed by atoms with E-state index in [1.54, 1.807) is 0 Å². The van der Waals surface area contributed by atoms with Gasteiger partial charge in [0.15, 0.2) is 0 Å². The van der Waals surface area contributed by atoms with Crippen molar-refractivity contribution in [1.82, 2.24) is 0 Å². The number of aryl methyl sites for hydroxylation is 2. The second-order valence-electron chi connectivity index (χ2n) is 7.56. The molecular formula is C23H27BOSi. The molecule has 0 aliphatic carbocycles. The first-order valence-corrected chi connectivity index (χ1v) is 12.1. The van der Waals surface area contributed by atoms with E-state index in [0.29, 0.717) is 0 Å². The van der Waals surface area contributed by atoms with Crippen LogP contribution in [0.4, 0.5) is 0 Å². The van der Waals surface area contributed by atoms with Crippen molar-refractivity contribution in [2.24, 2.45) is 0 Å². The average molecular weight is 358 g/mol. The molecule has 3 heteroatoms. The van der Waals surface area contributed by atoms with Gasteiger partial charge in [-0.3, -0.25) is 0 Å². The lowest BCUT2D eigenvalue weighted by Gasteiger charge is -2.27. The van der Waals surface area contributed by atoms with Crippen molar-refractivity contribution in [1.29, 1.82) is 0 Å². The number of hydrogen-bond acceptors (Lipinski definition) is 1. The van der Waals surface area contributed by atoms with Crippen molar-refractivity contribution in [3.63, 3.8) is 0 Å². The second kappa shape index (κ2) is 7.65. The molecule has 132 valence electrons. The van der Waals surface area contributed by atoms with Crippen LogP contribution in [0, 0.1) is 13.8 Å². The van der Waals surface area contributed by atoms with Crippen LogP contribution in [0.3, 0.4) is 0 Å². The third kappa shape index (κ3) is 3.84. The minimum absolute atomic E-state index is 0.217. The predicted octanol–water partition coefficient (Wildman–Crippen LogP) is 2.88. The zero-order valence-corrected chi connectivity index (χ0v) is 17.4. The Labute approximate surface area is 159 Å². The van der Waals surface area contributed by atoms with Crippen LogP contribution >= 0.6 is 0 Å². The molecule has 0 atom stereocenters. The molecular weight excluding hydrogens is 331 g/mol. The van der Waals surface area contributed by atoms with Gasteiger partial charge in [-0.25, -0.2) is 0 Å². The van der Waals surface area contributed by atoms with E-state index in [1.165, 1.54) is 32.7 Å². The van der Waals surface area contributed by atoms with Crippen molar-refractivity contribution >= 4 is 36.6 Å². The van der Waals surface area contributed by atoms with Crippen LogP contribution in [0.2, 0.25) is 13.1 Å². The number of benzene rings is 3. The molecule has 0 spiro atoms. The Morgan fingerprint density at radius 1 is 0.692 bits per heavy atom. The summed E-state index contributed by atoms with van der Waals surface area (Å²) >= 11 is 0. The van der Waals surface area contributed by atoms with Crippen molar-refractivity contribution in [2.45, 2.75) is 26.9 Å². The van der Waals surface area contributed by atoms with E-state index in [1.807, 2.05) is 7.11 Å². The molecule has 3 aromatic carbocycles.